The third kappa shape index (κ3) is 3.17. The molecule has 2 rings (SSSR count). The van der Waals surface area contributed by atoms with Gasteiger partial charge in [-0.2, -0.15) is 0 Å². The van der Waals surface area contributed by atoms with Gasteiger partial charge in [0.15, 0.2) is 0 Å². The summed E-state index contributed by atoms with van der Waals surface area (Å²) in [6.45, 7) is 4.78. The summed E-state index contributed by atoms with van der Waals surface area (Å²) in [6, 6.07) is 0. The Kier molecular flexibility index (Phi) is 4.19. The first-order chi connectivity index (χ1) is 7.72. The van der Waals surface area contributed by atoms with Crippen LogP contribution in [0.3, 0.4) is 0 Å². The zero-order valence-corrected chi connectivity index (χ0v) is 10.2. The summed E-state index contributed by atoms with van der Waals surface area (Å²) in [7, 11) is 1.79. The lowest BCUT2D eigenvalue weighted by Crippen LogP contribution is -2.52. The molecular formula is C12H24N2O2. The Labute approximate surface area is 98.0 Å². The molecule has 0 bridgehead atoms. The first-order valence-electron chi connectivity index (χ1n) is 6.40. The second-order valence-electron chi connectivity index (χ2n) is 5.21. The largest absolute Gasteiger partial charge is 0.388 e. The molecule has 16 heavy (non-hydrogen) atoms. The van der Waals surface area contributed by atoms with Gasteiger partial charge in [0, 0.05) is 20.2 Å². The summed E-state index contributed by atoms with van der Waals surface area (Å²) in [5.41, 5.74) is -0.471. The fourth-order valence-electron chi connectivity index (χ4n) is 2.82. The Bertz CT molecular complexity index is 217. The van der Waals surface area contributed by atoms with Gasteiger partial charge in [-0.05, 0) is 45.3 Å². The number of hydrogen-bond donors (Lipinski definition) is 2. The van der Waals surface area contributed by atoms with Crippen molar-refractivity contribution in [2.45, 2.75) is 37.4 Å². The zero-order valence-electron chi connectivity index (χ0n) is 10.2. The Morgan fingerprint density at radius 3 is 2.88 bits per heavy atom. The van der Waals surface area contributed by atoms with Crippen molar-refractivity contribution in [2.24, 2.45) is 0 Å². The van der Waals surface area contributed by atoms with Crippen molar-refractivity contribution >= 4 is 0 Å². The number of ether oxygens (including phenoxy) is 1. The fraction of sp³-hybridized carbons (Fsp3) is 1.00. The second kappa shape index (κ2) is 5.45. The van der Waals surface area contributed by atoms with Gasteiger partial charge < -0.3 is 15.2 Å². The quantitative estimate of drug-likeness (QED) is 0.725. The minimum Gasteiger partial charge on any atom is -0.388 e. The van der Waals surface area contributed by atoms with E-state index in [4.69, 9.17) is 4.74 Å². The molecule has 2 aliphatic rings. The molecule has 1 unspecified atom stereocenters. The molecule has 0 radical (unpaired) electrons. The van der Waals surface area contributed by atoms with Crippen molar-refractivity contribution in [3.05, 3.63) is 0 Å². The predicted octanol–water partition coefficient (Wildman–Crippen LogP) is 0.212. The van der Waals surface area contributed by atoms with Crippen LogP contribution in [-0.2, 0) is 4.74 Å². The molecule has 2 saturated heterocycles. The molecule has 94 valence electrons. The summed E-state index contributed by atoms with van der Waals surface area (Å²) in [5, 5.41) is 13.8. The first-order valence-corrected chi connectivity index (χ1v) is 6.40. The van der Waals surface area contributed by atoms with Gasteiger partial charge in [-0.15, -0.1) is 0 Å². The van der Waals surface area contributed by atoms with Crippen LogP contribution >= 0.6 is 0 Å². The lowest BCUT2D eigenvalue weighted by molar-refractivity contribution is -0.0450. The Balaban J connectivity index is 1.83. The zero-order chi connectivity index (χ0) is 11.4. The fourth-order valence-corrected chi connectivity index (χ4v) is 2.82. The molecule has 2 fully saturated rings. The van der Waals surface area contributed by atoms with Gasteiger partial charge in [0.2, 0.25) is 0 Å². The third-order valence-corrected chi connectivity index (χ3v) is 3.85. The molecule has 4 heteroatoms. The Hall–Kier alpha value is -0.160. The number of aliphatic hydroxyl groups is 1. The lowest BCUT2D eigenvalue weighted by atomic mass is 9.91. The van der Waals surface area contributed by atoms with Gasteiger partial charge >= 0.3 is 0 Å². The smallest absolute Gasteiger partial charge is 0.0798 e. The summed E-state index contributed by atoms with van der Waals surface area (Å²) >= 11 is 0. The number of nitrogens with zero attached hydrogens (tertiary/aromatic N) is 1. The average Bonchev–Trinajstić information content (AvgIpc) is 2.29. The highest BCUT2D eigenvalue weighted by Crippen LogP contribution is 2.22. The van der Waals surface area contributed by atoms with Crippen LogP contribution in [0.15, 0.2) is 0 Å². The van der Waals surface area contributed by atoms with Gasteiger partial charge in [-0.25, -0.2) is 0 Å². The van der Waals surface area contributed by atoms with Gasteiger partial charge in [0.25, 0.3) is 0 Å². The minimum absolute atomic E-state index is 0.360. The standard InChI is InChI=1S/C12H24N2O2/c1-16-11-3-2-8-14(9-11)10-12(15)4-6-13-7-5-12/h11,13,15H,2-10H2,1H3. The van der Waals surface area contributed by atoms with Crippen LogP contribution in [0, 0.1) is 0 Å². The Morgan fingerprint density at radius 2 is 2.19 bits per heavy atom. The molecule has 1 atom stereocenters. The summed E-state index contributed by atoms with van der Waals surface area (Å²) in [4.78, 5) is 2.36. The molecule has 0 saturated carbocycles. The third-order valence-electron chi connectivity index (χ3n) is 3.85. The van der Waals surface area contributed by atoms with E-state index in [1.165, 1.54) is 6.42 Å². The highest BCUT2D eigenvalue weighted by Gasteiger charge is 2.32. The Morgan fingerprint density at radius 1 is 1.44 bits per heavy atom. The van der Waals surface area contributed by atoms with Crippen LogP contribution in [0.2, 0.25) is 0 Å². The van der Waals surface area contributed by atoms with Crippen molar-refractivity contribution in [1.82, 2.24) is 10.2 Å². The van der Waals surface area contributed by atoms with Gasteiger partial charge in [0.05, 0.1) is 11.7 Å². The van der Waals surface area contributed by atoms with E-state index < -0.39 is 5.60 Å². The van der Waals surface area contributed by atoms with Crippen LogP contribution in [0.1, 0.15) is 25.7 Å². The molecular weight excluding hydrogens is 204 g/mol. The number of piperidine rings is 2. The normalized spacial score (nSPS) is 31.5. The van der Waals surface area contributed by atoms with E-state index in [-0.39, 0.29) is 0 Å². The summed E-state index contributed by atoms with van der Waals surface area (Å²) < 4.78 is 5.41. The van der Waals surface area contributed by atoms with E-state index in [9.17, 15) is 5.11 Å². The van der Waals surface area contributed by atoms with Crippen molar-refractivity contribution in [2.75, 3.05) is 39.8 Å². The monoisotopic (exact) mass is 228 g/mol. The summed E-state index contributed by atoms with van der Waals surface area (Å²) in [6.07, 6.45) is 4.46. The molecule has 0 spiro atoms. The van der Waals surface area contributed by atoms with E-state index >= 15 is 0 Å². The summed E-state index contributed by atoms with van der Waals surface area (Å²) in [5.74, 6) is 0. The molecule has 0 aromatic heterocycles. The maximum atomic E-state index is 10.5. The number of methoxy groups -OCH3 is 1. The highest BCUT2D eigenvalue weighted by molar-refractivity contribution is 4.88. The van der Waals surface area contributed by atoms with Crippen LogP contribution < -0.4 is 5.32 Å². The number of likely N-dealkylation sites (tertiary alicyclic amines) is 1. The van der Waals surface area contributed by atoms with E-state index in [1.807, 2.05) is 0 Å². The lowest BCUT2D eigenvalue weighted by Gasteiger charge is -2.40. The van der Waals surface area contributed by atoms with E-state index in [2.05, 4.69) is 10.2 Å². The molecule has 0 aromatic rings. The van der Waals surface area contributed by atoms with Crippen LogP contribution in [-0.4, -0.2) is 61.5 Å². The number of rotatable bonds is 3. The molecule has 2 heterocycles. The average molecular weight is 228 g/mol. The maximum Gasteiger partial charge on any atom is 0.0798 e. The van der Waals surface area contributed by atoms with Crippen LogP contribution in [0.5, 0.6) is 0 Å². The topological polar surface area (TPSA) is 44.7 Å². The molecule has 4 nitrogen and oxygen atoms in total. The van der Waals surface area contributed by atoms with Gasteiger partial charge in [-0.1, -0.05) is 0 Å². The molecule has 2 aliphatic heterocycles. The SMILES string of the molecule is COC1CCCN(CC2(O)CCNCC2)C1. The molecule has 0 aliphatic carbocycles. The van der Waals surface area contributed by atoms with Crippen LogP contribution in [0.25, 0.3) is 0 Å². The highest BCUT2D eigenvalue weighted by atomic mass is 16.5. The minimum atomic E-state index is -0.471. The van der Waals surface area contributed by atoms with Crippen molar-refractivity contribution in [3.63, 3.8) is 0 Å². The molecule has 0 aromatic carbocycles. The first kappa shape index (κ1) is 12.3. The number of β-amino-alcohol motifs (C(OH)–C–C–N with tert-alkyl or cyclic N) is 1. The number of hydrogen-bond acceptors (Lipinski definition) is 4. The van der Waals surface area contributed by atoms with Crippen molar-refractivity contribution in [3.8, 4) is 0 Å². The predicted molar refractivity (Wildman–Crippen MR) is 63.5 cm³/mol. The van der Waals surface area contributed by atoms with Crippen LogP contribution in [0.4, 0.5) is 0 Å². The van der Waals surface area contributed by atoms with Crippen molar-refractivity contribution < 1.29 is 9.84 Å². The van der Waals surface area contributed by atoms with Crippen molar-refractivity contribution in [1.29, 1.82) is 0 Å². The van der Waals surface area contributed by atoms with Gasteiger partial charge in [0.1, 0.15) is 0 Å². The van der Waals surface area contributed by atoms with E-state index in [0.29, 0.717) is 6.10 Å². The maximum absolute atomic E-state index is 10.5. The van der Waals surface area contributed by atoms with Gasteiger partial charge in [-0.3, -0.25) is 4.90 Å². The molecule has 2 N–H and O–H groups in total. The second-order valence-corrected chi connectivity index (χ2v) is 5.21. The van der Waals surface area contributed by atoms with E-state index in [0.717, 1.165) is 52.0 Å². The molecule has 0 amide bonds. The number of nitrogens with one attached hydrogen (secondary N) is 1. The van der Waals surface area contributed by atoms with E-state index in [1.54, 1.807) is 7.11 Å².